The largest absolute Gasteiger partial charge is 0.481 e. The maximum atomic E-state index is 10.5. The number of hydrogen-bond donors (Lipinski definition) is 2. The summed E-state index contributed by atoms with van der Waals surface area (Å²) in [7, 11) is 0. The average molecular weight is 155 g/mol. The Bertz CT molecular complexity index is 183. The quantitative estimate of drug-likeness (QED) is 0.614. The second-order valence-corrected chi connectivity index (χ2v) is 3.89. The van der Waals surface area contributed by atoms with Crippen molar-refractivity contribution in [3.8, 4) is 0 Å². The van der Waals surface area contributed by atoms with E-state index in [9.17, 15) is 4.79 Å². The van der Waals surface area contributed by atoms with Crippen LogP contribution in [0.25, 0.3) is 0 Å². The molecule has 1 heterocycles. The molecule has 0 aromatic heterocycles. The van der Waals surface area contributed by atoms with Crippen LogP contribution in [0.2, 0.25) is 0 Å². The van der Waals surface area contributed by atoms with Crippen molar-refractivity contribution < 1.29 is 9.90 Å². The predicted molar refractivity (Wildman–Crippen MR) is 40.3 cm³/mol. The Kier molecular flexibility index (Phi) is 1.42. The normalized spacial score (nSPS) is 41.3. The molecule has 62 valence electrons. The van der Waals surface area contributed by atoms with Crippen LogP contribution in [0, 0.1) is 5.41 Å². The highest BCUT2D eigenvalue weighted by Crippen LogP contribution is 2.45. The first kappa shape index (κ1) is 7.10. The zero-order valence-corrected chi connectivity index (χ0v) is 6.47. The van der Waals surface area contributed by atoms with Crippen molar-refractivity contribution in [3.63, 3.8) is 0 Å². The molecule has 2 bridgehead atoms. The predicted octanol–water partition coefficient (Wildman–Crippen LogP) is 0.603. The molecule has 0 spiro atoms. The molecule has 1 aliphatic carbocycles. The van der Waals surface area contributed by atoms with Crippen LogP contribution in [0.5, 0.6) is 0 Å². The van der Waals surface area contributed by atoms with Gasteiger partial charge in [0.25, 0.3) is 0 Å². The van der Waals surface area contributed by atoms with Gasteiger partial charge in [-0.3, -0.25) is 4.79 Å². The fourth-order valence-corrected chi connectivity index (χ4v) is 2.45. The molecule has 1 saturated heterocycles. The molecule has 2 aliphatic rings. The molecule has 3 heteroatoms. The van der Waals surface area contributed by atoms with Crippen LogP contribution in [0.4, 0.5) is 0 Å². The summed E-state index contributed by atoms with van der Waals surface area (Å²) in [5.74, 6) is -0.644. The third-order valence-corrected chi connectivity index (χ3v) is 2.99. The van der Waals surface area contributed by atoms with Crippen LogP contribution in [0.1, 0.15) is 25.7 Å². The number of hydrogen-bond acceptors (Lipinski definition) is 2. The smallest absolute Gasteiger partial charge is 0.303 e. The van der Waals surface area contributed by atoms with E-state index in [-0.39, 0.29) is 5.41 Å². The average Bonchev–Trinajstić information content (AvgIpc) is 2.43. The van der Waals surface area contributed by atoms with Gasteiger partial charge in [0, 0.05) is 12.6 Å². The molecule has 1 aliphatic heterocycles. The Morgan fingerprint density at radius 2 is 2.55 bits per heavy atom. The second kappa shape index (κ2) is 2.21. The fraction of sp³-hybridized carbons (Fsp3) is 0.875. The lowest BCUT2D eigenvalue weighted by molar-refractivity contribution is -0.139. The van der Waals surface area contributed by atoms with E-state index in [0.717, 1.165) is 19.4 Å². The number of carbonyl (C=O) groups is 1. The highest BCUT2D eigenvalue weighted by atomic mass is 16.4. The van der Waals surface area contributed by atoms with E-state index in [0.29, 0.717) is 12.5 Å². The first-order chi connectivity index (χ1) is 5.20. The minimum atomic E-state index is -0.644. The monoisotopic (exact) mass is 155 g/mol. The van der Waals surface area contributed by atoms with Gasteiger partial charge in [-0.15, -0.1) is 0 Å². The Balaban J connectivity index is 2.05. The molecule has 1 saturated carbocycles. The van der Waals surface area contributed by atoms with Crippen LogP contribution < -0.4 is 5.32 Å². The molecule has 0 aromatic rings. The molecule has 0 amide bonds. The lowest BCUT2D eigenvalue weighted by atomic mass is 9.84. The number of rotatable bonds is 2. The topological polar surface area (TPSA) is 49.3 Å². The van der Waals surface area contributed by atoms with Gasteiger partial charge in [-0.05, 0) is 24.7 Å². The van der Waals surface area contributed by atoms with Crippen molar-refractivity contribution in [1.82, 2.24) is 5.32 Å². The maximum absolute atomic E-state index is 10.5. The molecule has 2 fully saturated rings. The molecule has 11 heavy (non-hydrogen) atoms. The molecular formula is C8H13NO2. The number of aliphatic carboxylic acids is 1. The summed E-state index contributed by atoms with van der Waals surface area (Å²) in [6, 6.07) is 0.620. The van der Waals surface area contributed by atoms with Gasteiger partial charge in [0.1, 0.15) is 0 Å². The molecule has 2 unspecified atom stereocenters. The van der Waals surface area contributed by atoms with Crippen LogP contribution in [0.15, 0.2) is 0 Å². The number of nitrogens with one attached hydrogen (secondary N) is 1. The highest BCUT2D eigenvalue weighted by Gasteiger charge is 2.45. The zero-order valence-electron chi connectivity index (χ0n) is 6.47. The van der Waals surface area contributed by atoms with Crippen molar-refractivity contribution >= 4 is 5.97 Å². The summed E-state index contributed by atoms with van der Waals surface area (Å²) >= 11 is 0. The number of carboxylic acids is 1. The summed E-state index contributed by atoms with van der Waals surface area (Å²) in [5, 5.41) is 12.0. The van der Waals surface area contributed by atoms with Crippen LogP contribution >= 0.6 is 0 Å². The van der Waals surface area contributed by atoms with E-state index in [1.54, 1.807) is 0 Å². The van der Waals surface area contributed by atoms with Crippen molar-refractivity contribution in [2.75, 3.05) is 6.54 Å². The van der Waals surface area contributed by atoms with E-state index in [4.69, 9.17) is 5.11 Å². The Labute approximate surface area is 65.8 Å². The first-order valence-corrected chi connectivity index (χ1v) is 4.15. The van der Waals surface area contributed by atoms with Crippen molar-refractivity contribution in [2.45, 2.75) is 31.7 Å². The minimum absolute atomic E-state index is 0.122. The van der Waals surface area contributed by atoms with Gasteiger partial charge in [-0.25, -0.2) is 0 Å². The summed E-state index contributed by atoms with van der Waals surface area (Å²) in [4.78, 5) is 10.5. The Hall–Kier alpha value is -0.570. The van der Waals surface area contributed by atoms with Crippen molar-refractivity contribution in [3.05, 3.63) is 0 Å². The number of carboxylic acid groups (broad SMARTS) is 1. The molecule has 2 N–H and O–H groups in total. The van der Waals surface area contributed by atoms with E-state index in [2.05, 4.69) is 5.32 Å². The summed E-state index contributed by atoms with van der Waals surface area (Å²) in [5.41, 5.74) is 0.122. The van der Waals surface area contributed by atoms with E-state index < -0.39 is 5.97 Å². The van der Waals surface area contributed by atoms with Crippen LogP contribution in [-0.2, 0) is 4.79 Å². The van der Waals surface area contributed by atoms with Gasteiger partial charge in [-0.1, -0.05) is 0 Å². The van der Waals surface area contributed by atoms with Gasteiger partial charge in [0.15, 0.2) is 0 Å². The second-order valence-electron chi connectivity index (χ2n) is 3.89. The molecule has 3 nitrogen and oxygen atoms in total. The fourth-order valence-electron chi connectivity index (χ4n) is 2.45. The molecule has 2 rings (SSSR count). The summed E-state index contributed by atoms with van der Waals surface area (Å²) < 4.78 is 0. The van der Waals surface area contributed by atoms with Gasteiger partial charge in [0.05, 0.1) is 6.42 Å². The standard InChI is InChI=1S/C8H13NO2/c10-7(11)4-8-2-1-6(3-8)9-5-8/h6,9H,1-5H2,(H,10,11). The lowest BCUT2D eigenvalue weighted by Gasteiger charge is -2.23. The molecule has 0 aromatic carbocycles. The van der Waals surface area contributed by atoms with E-state index in [1.807, 2.05) is 0 Å². The van der Waals surface area contributed by atoms with E-state index in [1.165, 1.54) is 6.42 Å². The van der Waals surface area contributed by atoms with Gasteiger partial charge in [0.2, 0.25) is 0 Å². The summed E-state index contributed by atoms with van der Waals surface area (Å²) in [6.07, 6.45) is 3.72. The molecule has 2 atom stereocenters. The van der Waals surface area contributed by atoms with Gasteiger partial charge >= 0.3 is 5.97 Å². The molecule has 0 radical (unpaired) electrons. The molecular weight excluding hydrogens is 142 g/mol. The SMILES string of the molecule is O=C(O)CC12CCC(C1)NC2. The third-order valence-electron chi connectivity index (χ3n) is 2.99. The first-order valence-electron chi connectivity index (χ1n) is 4.15. The zero-order chi connectivity index (χ0) is 7.90. The highest BCUT2D eigenvalue weighted by molar-refractivity contribution is 5.68. The van der Waals surface area contributed by atoms with Gasteiger partial charge < -0.3 is 10.4 Å². The number of piperidine rings is 1. The van der Waals surface area contributed by atoms with E-state index >= 15 is 0 Å². The van der Waals surface area contributed by atoms with Crippen molar-refractivity contribution in [1.29, 1.82) is 0 Å². The van der Waals surface area contributed by atoms with Crippen LogP contribution in [-0.4, -0.2) is 23.7 Å². The Morgan fingerprint density at radius 1 is 1.73 bits per heavy atom. The maximum Gasteiger partial charge on any atom is 0.303 e. The minimum Gasteiger partial charge on any atom is -0.481 e. The number of fused-ring (bicyclic) bond motifs is 2. The lowest BCUT2D eigenvalue weighted by Crippen LogP contribution is -2.31. The third kappa shape index (κ3) is 1.13. The van der Waals surface area contributed by atoms with Crippen LogP contribution in [0.3, 0.4) is 0 Å². The summed E-state index contributed by atoms with van der Waals surface area (Å²) in [6.45, 7) is 0.921. The van der Waals surface area contributed by atoms with Gasteiger partial charge in [-0.2, -0.15) is 0 Å². The van der Waals surface area contributed by atoms with Crippen molar-refractivity contribution in [2.24, 2.45) is 5.41 Å². The Morgan fingerprint density at radius 3 is 2.91 bits per heavy atom.